The van der Waals surface area contributed by atoms with Crippen molar-refractivity contribution in [1.82, 2.24) is 0 Å². The third kappa shape index (κ3) is 3.04. The van der Waals surface area contributed by atoms with E-state index in [1.54, 1.807) is 11.8 Å². The third-order valence-electron chi connectivity index (χ3n) is 3.26. The van der Waals surface area contributed by atoms with E-state index in [1.807, 2.05) is 24.5 Å². The number of nitrogens with zero attached hydrogens (tertiary/aromatic N) is 1. The molecule has 1 aromatic carbocycles. The van der Waals surface area contributed by atoms with Crippen LogP contribution in [0.2, 0.25) is 0 Å². The van der Waals surface area contributed by atoms with Crippen molar-refractivity contribution in [3.8, 4) is 0 Å². The van der Waals surface area contributed by atoms with Gasteiger partial charge in [0.2, 0.25) is 0 Å². The minimum atomic E-state index is -0.165. The molecule has 1 aliphatic heterocycles. The summed E-state index contributed by atoms with van der Waals surface area (Å²) in [5, 5.41) is 7.84. The van der Waals surface area contributed by atoms with Crippen molar-refractivity contribution in [3.63, 3.8) is 0 Å². The molecule has 1 aliphatic rings. The molecule has 0 aliphatic carbocycles. The van der Waals surface area contributed by atoms with Gasteiger partial charge in [0, 0.05) is 23.7 Å². The maximum Gasteiger partial charge on any atom is 0.126 e. The zero-order valence-corrected chi connectivity index (χ0v) is 12.5. The minimum Gasteiger partial charge on any atom is -0.384 e. The first-order chi connectivity index (χ1) is 8.94. The molecular formula is C14H21N3OS. The van der Waals surface area contributed by atoms with Crippen molar-refractivity contribution in [3.05, 3.63) is 23.8 Å². The van der Waals surface area contributed by atoms with Gasteiger partial charge in [0.1, 0.15) is 5.84 Å². The number of anilines is 1. The van der Waals surface area contributed by atoms with Crippen LogP contribution in [0.5, 0.6) is 0 Å². The highest BCUT2D eigenvalue weighted by Gasteiger charge is 2.29. The largest absolute Gasteiger partial charge is 0.384 e. The summed E-state index contributed by atoms with van der Waals surface area (Å²) in [6.45, 7) is 6.52. The van der Waals surface area contributed by atoms with Crippen LogP contribution in [0, 0.1) is 5.41 Å². The van der Waals surface area contributed by atoms with E-state index in [0.29, 0.717) is 6.61 Å². The molecule has 0 amide bonds. The zero-order chi connectivity index (χ0) is 14.0. The van der Waals surface area contributed by atoms with Crippen LogP contribution in [0.4, 0.5) is 5.69 Å². The maximum absolute atomic E-state index is 7.84. The summed E-state index contributed by atoms with van der Waals surface area (Å²) < 4.78 is 5.74. The fraction of sp³-hybridized carbons (Fsp3) is 0.500. The van der Waals surface area contributed by atoms with Crippen molar-refractivity contribution in [2.24, 2.45) is 5.73 Å². The summed E-state index contributed by atoms with van der Waals surface area (Å²) in [4.78, 5) is 3.31. The van der Waals surface area contributed by atoms with E-state index < -0.39 is 0 Å². The van der Waals surface area contributed by atoms with E-state index in [9.17, 15) is 0 Å². The van der Waals surface area contributed by atoms with Crippen molar-refractivity contribution in [1.29, 1.82) is 5.41 Å². The Balaban J connectivity index is 2.41. The Hall–Kier alpha value is -1.20. The lowest BCUT2D eigenvalue weighted by molar-refractivity contribution is -0.0277. The Bertz CT molecular complexity index is 488. The van der Waals surface area contributed by atoms with Crippen LogP contribution < -0.4 is 10.6 Å². The van der Waals surface area contributed by atoms with Crippen molar-refractivity contribution in [2.45, 2.75) is 24.3 Å². The average molecular weight is 279 g/mol. The molecule has 0 spiro atoms. The molecule has 0 aromatic heterocycles. The SMILES string of the molecule is CSc1cccc(N2CCOC(C)(C)C2)c1C(=N)N. The quantitative estimate of drug-likeness (QED) is 0.506. The molecule has 1 heterocycles. The van der Waals surface area contributed by atoms with Gasteiger partial charge in [0.25, 0.3) is 0 Å². The number of thioether (sulfide) groups is 1. The number of hydrogen-bond acceptors (Lipinski definition) is 4. The van der Waals surface area contributed by atoms with Crippen molar-refractivity contribution >= 4 is 23.3 Å². The number of morpholine rings is 1. The third-order valence-corrected chi connectivity index (χ3v) is 4.04. The van der Waals surface area contributed by atoms with Gasteiger partial charge in [-0.1, -0.05) is 6.07 Å². The molecule has 1 fully saturated rings. The molecule has 0 radical (unpaired) electrons. The molecule has 0 bridgehead atoms. The predicted octanol–water partition coefficient (Wildman–Crippen LogP) is 2.31. The van der Waals surface area contributed by atoms with Crippen LogP contribution in [0.1, 0.15) is 19.4 Å². The first kappa shape index (κ1) is 14.2. The second kappa shape index (κ2) is 5.43. The normalized spacial score (nSPS) is 18.4. The number of benzene rings is 1. The number of ether oxygens (including phenoxy) is 1. The monoisotopic (exact) mass is 279 g/mol. The molecule has 1 saturated heterocycles. The zero-order valence-electron chi connectivity index (χ0n) is 11.7. The van der Waals surface area contributed by atoms with E-state index in [1.165, 1.54) is 0 Å². The summed E-state index contributed by atoms with van der Waals surface area (Å²) >= 11 is 1.62. The summed E-state index contributed by atoms with van der Waals surface area (Å²) in [6.07, 6.45) is 2.01. The highest BCUT2D eigenvalue weighted by molar-refractivity contribution is 7.98. The molecule has 2 rings (SSSR count). The van der Waals surface area contributed by atoms with Gasteiger partial charge in [0.05, 0.1) is 17.8 Å². The number of hydrogen-bond donors (Lipinski definition) is 2. The highest BCUT2D eigenvalue weighted by Crippen LogP contribution is 2.31. The number of nitrogen functional groups attached to an aromatic ring is 1. The van der Waals surface area contributed by atoms with Gasteiger partial charge in [-0.15, -0.1) is 11.8 Å². The van der Waals surface area contributed by atoms with E-state index in [4.69, 9.17) is 15.9 Å². The Morgan fingerprint density at radius 2 is 2.21 bits per heavy atom. The molecule has 1 aromatic rings. The second-order valence-corrected chi connectivity index (χ2v) is 6.15. The standard InChI is InChI=1S/C14H21N3OS/c1-14(2)9-17(7-8-18-14)10-5-4-6-11(19-3)12(10)13(15)16/h4-6H,7-9H2,1-3H3,(H3,15,16). The fourth-order valence-corrected chi connectivity index (χ4v) is 3.08. The molecule has 104 valence electrons. The van der Waals surface area contributed by atoms with Gasteiger partial charge >= 0.3 is 0 Å². The predicted molar refractivity (Wildman–Crippen MR) is 81.5 cm³/mol. The van der Waals surface area contributed by atoms with Crippen LogP contribution in [-0.4, -0.2) is 37.4 Å². The van der Waals surface area contributed by atoms with Gasteiger partial charge in [0.15, 0.2) is 0 Å². The number of nitrogens with two attached hydrogens (primary N) is 1. The lowest BCUT2D eigenvalue weighted by atomic mass is 10.0. The Labute approximate surface area is 118 Å². The molecule has 5 heteroatoms. The Morgan fingerprint density at radius 3 is 2.79 bits per heavy atom. The van der Waals surface area contributed by atoms with E-state index in [0.717, 1.165) is 29.2 Å². The summed E-state index contributed by atoms with van der Waals surface area (Å²) in [6, 6.07) is 6.07. The maximum atomic E-state index is 7.84. The Morgan fingerprint density at radius 1 is 1.47 bits per heavy atom. The summed E-state index contributed by atoms with van der Waals surface area (Å²) in [5.74, 6) is 0.129. The van der Waals surface area contributed by atoms with E-state index in [2.05, 4.69) is 18.7 Å². The van der Waals surface area contributed by atoms with Crippen LogP contribution in [0.15, 0.2) is 23.1 Å². The first-order valence-corrected chi connectivity index (χ1v) is 7.57. The molecule has 19 heavy (non-hydrogen) atoms. The molecule has 4 nitrogen and oxygen atoms in total. The smallest absolute Gasteiger partial charge is 0.126 e. The molecule has 3 N–H and O–H groups in total. The minimum absolute atomic E-state index is 0.129. The molecule has 0 atom stereocenters. The lowest BCUT2D eigenvalue weighted by Gasteiger charge is -2.40. The van der Waals surface area contributed by atoms with Gasteiger partial charge in [-0.05, 0) is 32.2 Å². The summed E-state index contributed by atoms with van der Waals surface area (Å²) in [7, 11) is 0. The lowest BCUT2D eigenvalue weighted by Crippen LogP contribution is -2.48. The van der Waals surface area contributed by atoms with Gasteiger partial charge in [-0.2, -0.15) is 0 Å². The number of amidine groups is 1. The molecular weight excluding hydrogens is 258 g/mol. The fourth-order valence-electron chi connectivity index (χ4n) is 2.45. The number of nitrogens with one attached hydrogen (secondary N) is 1. The average Bonchev–Trinajstić information content (AvgIpc) is 2.36. The highest BCUT2D eigenvalue weighted by atomic mass is 32.2. The number of rotatable bonds is 3. The first-order valence-electron chi connectivity index (χ1n) is 6.35. The Kier molecular flexibility index (Phi) is 4.06. The topological polar surface area (TPSA) is 62.3 Å². The van der Waals surface area contributed by atoms with Crippen LogP contribution in [-0.2, 0) is 4.74 Å². The van der Waals surface area contributed by atoms with Crippen LogP contribution >= 0.6 is 11.8 Å². The van der Waals surface area contributed by atoms with E-state index in [-0.39, 0.29) is 11.4 Å². The van der Waals surface area contributed by atoms with Crippen molar-refractivity contribution in [2.75, 3.05) is 30.9 Å². The van der Waals surface area contributed by atoms with Gasteiger partial charge < -0.3 is 15.4 Å². The molecule has 0 unspecified atom stereocenters. The van der Waals surface area contributed by atoms with Crippen molar-refractivity contribution < 1.29 is 4.74 Å². The van der Waals surface area contributed by atoms with Crippen LogP contribution in [0.25, 0.3) is 0 Å². The van der Waals surface area contributed by atoms with Gasteiger partial charge in [-0.25, -0.2) is 0 Å². The molecule has 0 saturated carbocycles. The van der Waals surface area contributed by atoms with E-state index >= 15 is 0 Å². The second-order valence-electron chi connectivity index (χ2n) is 5.30. The van der Waals surface area contributed by atoms with Gasteiger partial charge in [-0.3, -0.25) is 5.41 Å². The van der Waals surface area contributed by atoms with Crippen LogP contribution in [0.3, 0.4) is 0 Å². The summed E-state index contributed by atoms with van der Waals surface area (Å²) in [5.41, 5.74) is 7.49.